The van der Waals surface area contributed by atoms with Crippen LogP contribution in [0.15, 0.2) is 29.3 Å². The van der Waals surface area contributed by atoms with E-state index in [1.165, 1.54) is 5.56 Å². The van der Waals surface area contributed by atoms with Crippen molar-refractivity contribution in [3.8, 4) is 0 Å². The lowest BCUT2D eigenvalue weighted by molar-refractivity contribution is -0.123. The second kappa shape index (κ2) is 5.88. The Hall–Kier alpha value is -1.84. The summed E-state index contributed by atoms with van der Waals surface area (Å²) in [5.74, 6) is 1.13. The van der Waals surface area contributed by atoms with E-state index in [0.29, 0.717) is 11.9 Å². The average Bonchev–Trinajstić information content (AvgIpc) is 2.64. The summed E-state index contributed by atoms with van der Waals surface area (Å²) < 4.78 is 0. The van der Waals surface area contributed by atoms with Gasteiger partial charge >= 0.3 is 0 Å². The molecule has 2 rings (SSSR count). The van der Waals surface area contributed by atoms with Crippen molar-refractivity contribution in [2.24, 2.45) is 10.9 Å². The number of nitrogens with zero attached hydrogens (tertiary/aromatic N) is 1. The van der Waals surface area contributed by atoms with Gasteiger partial charge < -0.3 is 5.32 Å². The Morgan fingerprint density at radius 3 is 2.29 bits per heavy atom. The van der Waals surface area contributed by atoms with E-state index in [0.717, 1.165) is 12.0 Å². The molecule has 0 aliphatic carbocycles. The van der Waals surface area contributed by atoms with Crippen molar-refractivity contribution in [1.82, 2.24) is 10.6 Å². The zero-order valence-electron chi connectivity index (χ0n) is 13.5. The van der Waals surface area contributed by atoms with Crippen LogP contribution < -0.4 is 10.6 Å². The molecule has 4 nitrogen and oxygen atoms in total. The SMILES string of the molecule is CC(C)Cc1ccc(C2(C)NC(=NC(C)C)NC2=O)cc1. The number of carbonyl (C=O) groups excluding carboxylic acids is 1. The number of carbonyl (C=O) groups is 1. The quantitative estimate of drug-likeness (QED) is 0.894. The molecule has 2 N–H and O–H groups in total. The molecule has 1 aromatic carbocycles. The molecule has 0 spiro atoms. The molecule has 4 heteroatoms. The Morgan fingerprint density at radius 2 is 1.76 bits per heavy atom. The van der Waals surface area contributed by atoms with E-state index >= 15 is 0 Å². The maximum Gasteiger partial charge on any atom is 0.256 e. The molecule has 1 atom stereocenters. The van der Waals surface area contributed by atoms with E-state index in [1.807, 2.05) is 32.9 Å². The number of hydrogen-bond acceptors (Lipinski definition) is 2. The molecular formula is C17H25N3O. The van der Waals surface area contributed by atoms with Crippen molar-refractivity contribution in [1.29, 1.82) is 0 Å². The van der Waals surface area contributed by atoms with Crippen molar-refractivity contribution < 1.29 is 4.79 Å². The van der Waals surface area contributed by atoms with E-state index < -0.39 is 5.54 Å². The number of amides is 1. The van der Waals surface area contributed by atoms with Gasteiger partial charge in [0.1, 0.15) is 5.54 Å². The van der Waals surface area contributed by atoms with Gasteiger partial charge in [0, 0.05) is 6.04 Å². The molecule has 114 valence electrons. The molecule has 0 aromatic heterocycles. The Bertz CT molecular complexity index is 546. The second-order valence-electron chi connectivity index (χ2n) is 6.57. The van der Waals surface area contributed by atoms with E-state index in [9.17, 15) is 4.79 Å². The Morgan fingerprint density at radius 1 is 1.14 bits per heavy atom. The summed E-state index contributed by atoms with van der Waals surface area (Å²) in [6.45, 7) is 10.3. The molecule has 1 fully saturated rings. The van der Waals surface area contributed by atoms with Gasteiger partial charge in [0.25, 0.3) is 5.91 Å². The van der Waals surface area contributed by atoms with Gasteiger partial charge in [-0.3, -0.25) is 15.1 Å². The highest BCUT2D eigenvalue weighted by molar-refractivity contribution is 6.09. The maximum atomic E-state index is 12.3. The molecule has 21 heavy (non-hydrogen) atoms. The van der Waals surface area contributed by atoms with Gasteiger partial charge in [0.05, 0.1) is 0 Å². The van der Waals surface area contributed by atoms with E-state index in [2.05, 4.69) is 41.6 Å². The van der Waals surface area contributed by atoms with Crippen LogP contribution >= 0.6 is 0 Å². The zero-order valence-corrected chi connectivity index (χ0v) is 13.5. The molecule has 0 bridgehead atoms. The minimum atomic E-state index is -0.746. The Labute approximate surface area is 127 Å². The van der Waals surface area contributed by atoms with Crippen LogP contribution in [0.5, 0.6) is 0 Å². The summed E-state index contributed by atoms with van der Waals surface area (Å²) in [5.41, 5.74) is 1.51. The number of rotatable bonds is 4. The topological polar surface area (TPSA) is 53.5 Å². The highest BCUT2D eigenvalue weighted by atomic mass is 16.2. The molecule has 1 amide bonds. The van der Waals surface area contributed by atoms with E-state index in [4.69, 9.17) is 0 Å². The lowest BCUT2D eigenvalue weighted by atomic mass is 9.90. The summed E-state index contributed by atoms with van der Waals surface area (Å²) >= 11 is 0. The second-order valence-corrected chi connectivity index (χ2v) is 6.57. The normalized spacial score (nSPS) is 23.8. The van der Waals surface area contributed by atoms with Gasteiger partial charge in [-0.15, -0.1) is 0 Å². The van der Waals surface area contributed by atoms with Crippen LogP contribution in [0.4, 0.5) is 0 Å². The molecule has 1 heterocycles. The molecule has 1 aromatic rings. The number of benzene rings is 1. The molecule has 1 aliphatic rings. The summed E-state index contributed by atoms with van der Waals surface area (Å²) in [7, 11) is 0. The van der Waals surface area contributed by atoms with Crippen LogP contribution in [0, 0.1) is 5.92 Å². The summed E-state index contributed by atoms with van der Waals surface area (Å²) in [4.78, 5) is 16.7. The minimum absolute atomic E-state index is 0.0569. The van der Waals surface area contributed by atoms with Crippen LogP contribution in [0.3, 0.4) is 0 Å². The van der Waals surface area contributed by atoms with Crippen molar-refractivity contribution in [3.63, 3.8) is 0 Å². The lowest BCUT2D eigenvalue weighted by Gasteiger charge is -2.22. The fourth-order valence-corrected chi connectivity index (χ4v) is 2.53. The zero-order chi connectivity index (χ0) is 15.6. The van der Waals surface area contributed by atoms with Gasteiger partial charge in [0.15, 0.2) is 5.96 Å². The van der Waals surface area contributed by atoms with Crippen molar-refractivity contribution >= 4 is 11.9 Å². The van der Waals surface area contributed by atoms with Crippen molar-refractivity contribution in [2.45, 2.75) is 52.6 Å². The smallest absolute Gasteiger partial charge is 0.256 e. The standard InChI is InChI=1S/C17H25N3O/c1-11(2)10-13-6-8-14(9-7-13)17(5)15(21)19-16(20-17)18-12(3)4/h6-9,11-12H,10H2,1-5H3,(H2,18,19,20,21). The Balaban J connectivity index is 2.22. The first-order valence-electron chi connectivity index (χ1n) is 7.58. The first-order valence-corrected chi connectivity index (χ1v) is 7.58. The third kappa shape index (κ3) is 3.43. The fraction of sp³-hybridized carbons (Fsp3) is 0.529. The Kier molecular flexibility index (Phi) is 4.35. The molecule has 0 radical (unpaired) electrons. The number of aliphatic imine (C=N–C) groups is 1. The van der Waals surface area contributed by atoms with E-state index in [-0.39, 0.29) is 11.9 Å². The van der Waals surface area contributed by atoms with Crippen molar-refractivity contribution in [2.75, 3.05) is 0 Å². The van der Waals surface area contributed by atoms with Crippen LogP contribution in [0.1, 0.15) is 45.7 Å². The van der Waals surface area contributed by atoms with Crippen molar-refractivity contribution in [3.05, 3.63) is 35.4 Å². The molecule has 1 saturated heterocycles. The van der Waals surface area contributed by atoms with Gasteiger partial charge in [0.2, 0.25) is 0 Å². The van der Waals surface area contributed by atoms with Gasteiger partial charge in [-0.1, -0.05) is 38.1 Å². The number of hydrogen-bond donors (Lipinski definition) is 2. The van der Waals surface area contributed by atoms with E-state index in [1.54, 1.807) is 0 Å². The molecule has 1 unspecified atom stereocenters. The number of nitrogens with one attached hydrogen (secondary N) is 2. The summed E-state index contributed by atoms with van der Waals surface area (Å²) in [6, 6.07) is 8.41. The summed E-state index contributed by atoms with van der Waals surface area (Å²) in [6.07, 6.45) is 1.05. The first kappa shape index (κ1) is 15.5. The number of guanidine groups is 1. The van der Waals surface area contributed by atoms with Gasteiger partial charge in [-0.25, -0.2) is 0 Å². The lowest BCUT2D eigenvalue weighted by Crippen LogP contribution is -2.40. The highest BCUT2D eigenvalue weighted by Gasteiger charge is 2.42. The summed E-state index contributed by atoms with van der Waals surface area (Å²) in [5, 5.41) is 6.04. The average molecular weight is 287 g/mol. The maximum absolute atomic E-state index is 12.3. The molecule has 0 saturated carbocycles. The monoisotopic (exact) mass is 287 g/mol. The predicted molar refractivity (Wildman–Crippen MR) is 86.2 cm³/mol. The van der Waals surface area contributed by atoms with Gasteiger partial charge in [-0.05, 0) is 44.2 Å². The van der Waals surface area contributed by atoms with Gasteiger partial charge in [-0.2, -0.15) is 0 Å². The van der Waals surface area contributed by atoms with Crippen LogP contribution in [0.2, 0.25) is 0 Å². The van der Waals surface area contributed by atoms with Crippen LogP contribution in [0.25, 0.3) is 0 Å². The highest BCUT2D eigenvalue weighted by Crippen LogP contribution is 2.25. The fourth-order valence-electron chi connectivity index (χ4n) is 2.53. The largest absolute Gasteiger partial charge is 0.338 e. The predicted octanol–water partition coefficient (Wildman–Crippen LogP) is 2.58. The molecular weight excluding hydrogens is 262 g/mol. The van der Waals surface area contributed by atoms with Crippen LogP contribution in [-0.4, -0.2) is 17.9 Å². The third-order valence-corrected chi connectivity index (χ3v) is 3.62. The third-order valence-electron chi connectivity index (χ3n) is 3.62. The first-order chi connectivity index (χ1) is 9.81. The minimum Gasteiger partial charge on any atom is -0.338 e. The van der Waals surface area contributed by atoms with Crippen LogP contribution in [-0.2, 0) is 16.8 Å². The molecule has 1 aliphatic heterocycles.